The van der Waals surface area contributed by atoms with Gasteiger partial charge in [0.05, 0.1) is 24.5 Å². The first kappa shape index (κ1) is 19.8. The Morgan fingerprint density at radius 1 is 1.20 bits per heavy atom. The average Bonchev–Trinajstić information content (AvgIpc) is 3.52. The van der Waals surface area contributed by atoms with Gasteiger partial charge in [0.15, 0.2) is 16.2 Å². The lowest BCUT2D eigenvalue weighted by atomic mass is 10.00. The predicted molar refractivity (Wildman–Crippen MR) is 112 cm³/mol. The van der Waals surface area contributed by atoms with E-state index in [1.165, 1.54) is 4.31 Å². The predicted octanol–water partition coefficient (Wildman–Crippen LogP) is 4.24. The van der Waals surface area contributed by atoms with E-state index in [1.54, 1.807) is 13.8 Å². The van der Waals surface area contributed by atoms with E-state index < -0.39 is 10.4 Å². The van der Waals surface area contributed by atoms with Crippen LogP contribution in [0.1, 0.15) is 47.3 Å². The first-order valence-corrected chi connectivity index (χ1v) is 11.7. The number of halogens is 1. The third-order valence-electron chi connectivity index (χ3n) is 5.67. The summed E-state index contributed by atoms with van der Waals surface area (Å²) in [6, 6.07) is 7.49. The largest absolute Gasteiger partial charge is 0.593 e. The van der Waals surface area contributed by atoms with Crippen molar-refractivity contribution in [2.45, 2.75) is 50.5 Å². The summed E-state index contributed by atoms with van der Waals surface area (Å²) in [6.07, 6.45) is 2.75. The Morgan fingerprint density at radius 3 is 2.57 bits per heavy atom. The SMILES string of the molecule is Cc1noc(C)c1[S+](=O)([O-])N1CCc2nc(C3CC3)nc(-c3ccc(Cl)cc3)c2C1. The minimum Gasteiger partial charge on any atom is -0.593 e. The monoisotopic (exact) mass is 444 g/mol. The summed E-state index contributed by atoms with van der Waals surface area (Å²) in [4.78, 5) is 9.81. The van der Waals surface area contributed by atoms with E-state index in [1.807, 2.05) is 24.3 Å². The molecule has 7 nitrogen and oxygen atoms in total. The Morgan fingerprint density at radius 2 is 1.93 bits per heavy atom. The van der Waals surface area contributed by atoms with Crippen molar-refractivity contribution in [3.63, 3.8) is 0 Å². The molecule has 5 rings (SSSR count). The number of nitrogens with zero attached hydrogens (tertiary/aromatic N) is 4. The number of sulfonamides is 1. The van der Waals surface area contributed by atoms with Crippen LogP contribution in [0, 0.1) is 13.8 Å². The molecule has 0 spiro atoms. The van der Waals surface area contributed by atoms with Gasteiger partial charge in [-0.25, -0.2) is 9.97 Å². The van der Waals surface area contributed by atoms with Crippen molar-refractivity contribution < 1.29 is 13.3 Å². The van der Waals surface area contributed by atoms with Crippen molar-refractivity contribution in [2.75, 3.05) is 6.54 Å². The topological polar surface area (TPSA) is 95.2 Å². The van der Waals surface area contributed by atoms with Crippen molar-refractivity contribution in [1.29, 1.82) is 0 Å². The molecule has 156 valence electrons. The van der Waals surface area contributed by atoms with Gasteiger partial charge in [-0.1, -0.05) is 33.1 Å². The second-order valence-corrected chi connectivity index (χ2v) is 10.2. The van der Waals surface area contributed by atoms with Crippen LogP contribution < -0.4 is 0 Å². The van der Waals surface area contributed by atoms with Gasteiger partial charge in [0.1, 0.15) is 11.5 Å². The number of hydrogen-bond acceptors (Lipinski definition) is 6. The highest BCUT2D eigenvalue weighted by molar-refractivity contribution is 7.95. The second-order valence-electron chi connectivity index (χ2n) is 7.88. The lowest BCUT2D eigenvalue weighted by molar-refractivity contribution is 0.334. The average molecular weight is 445 g/mol. The summed E-state index contributed by atoms with van der Waals surface area (Å²) < 4.78 is 33.3. The Hall–Kier alpha value is -2.13. The number of aryl methyl sites for hydroxylation is 2. The smallest absolute Gasteiger partial charge is 0.240 e. The van der Waals surface area contributed by atoms with Crippen LogP contribution in [0.4, 0.5) is 0 Å². The Kier molecular flexibility index (Phi) is 4.77. The zero-order chi connectivity index (χ0) is 21.0. The van der Waals surface area contributed by atoms with Crippen LogP contribution in [0.25, 0.3) is 11.3 Å². The van der Waals surface area contributed by atoms with Crippen LogP contribution >= 0.6 is 11.6 Å². The van der Waals surface area contributed by atoms with E-state index in [0.717, 1.165) is 41.2 Å². The van der Waals surface area contributed by atoms with Crippen LogP contribution in [0.3, 0.4) is 0 Å². The number of aromatic nitrogens is 3. The van der Waals surface area contributed by atoms with Gasteiger partial charge in [-0.2, -0.15) is 0 Å². The van der Waals surface area contributed by atoms with Crippen LogP contribution in [-0.4, -0.2) is 30.5 Å². The van der Waals surface area contributed by atoms with Crippen molar-refractivity contribution in [3.8, 4) is 11.3 Å². The summed E-state index contributed by atoms with van der Waals surface area (Å²) in [7, 11) is -3.74. The number of rotatable bonds is 4. The molecule has 0 amide bonds. The normalized spacial score (nSPS) is 18.8. The minimum absolute atomic E-state index is 0.148. The van der Waals surface area contributed by atoms with Gasteiger partial charge in [-0.15, -0.1) is 4.31 Å². The van der Waals surface area contributed by atoms with E-state index in [9.17, 15) is 8.76 Å². The standard InChI is InChI=1S/C21H21ClN4O3S/c1-12-20(13(2)29-25-12)30(27,28)26-10-9-18-17(11-26)19(14-5-7-16(22)8-6-14)24-21(23-18)15-3-4-15/h5-8,15H,3-4,9-11H2,1-2H3. The van der Waals surface area contributed by atoms with E-state index in [0.29, 0.717) is 35.4 Å². The van der Waals surface area contributed by atoms with E-state index in [2.05, 4.69) is 5.16 Å². The van der Waals surface area contributed by atoms with E-state index >= 15 is 0 Å². The molecular weight excluding hydrogens is 424 g/mol. The fraction of sp³-hybridized carbons (Fsp3) is 0.381. The van der Waals surface area contributed by atoms with Gasteiger partial charge in [0.2, 0.25) is 4.90 Å². The summed E-state index contributed by atoms with van der Waals surface area (Å²) in [5.41, 5.74) is 3.86. The molecule has 1 atom stereocenters. The van der Waals surface area contributed by atoms with Crippen molar-refractivity contribution in [2.24, 2.45) is 0 Å². The molecule has 1 aliphatic heterocycles. The van der Waals surface area contributed by atoms with Crippen molar-refractivity contribution in [3.05, 3.63) is 57.8 Å². The molecule has 2 aromatic heterocycles. The number of fused-ring (bicyclic) bond motifs is 1. The van der Waals surface area contributed by atoms with Crippen LogP contribution in [0.15, 0.2) is 33.7 Å². The molecule has 1 aromatic carbocycles. The lowest BCUT2D eigenvalue weighted by Crippen LogP contribution is -2.41. The Balaban J connectivity index is 1.59. The maximum atomic E-state index is 13.3. The third-order valence-corrected chi connectivity index (χ3v) is 8.01. The van der Waals surface area contributed by atoms with Gasteiger partial charge >= 0.3 is 0 Å². The maximum absolute atomic E-state index is 13.3. The zero-order valence-corrected chi connectivity index (χ0v) is 18.3. The first-order valence-electron chi connectivity index (χ1n) is 9.93. The van der Waals surface area contributed by atoms with Crippen LogP contribution in [0.2, 0.25) is 5.02 Å². The third kappa shape index (κ3) is 3.37. The minimum atomic E-state index is -3.74. The van der Waals surface area contributed by atoms with Crippen LogP contribution in [0.5, 0.6) is 0 Å². The van der Waals surface area contributed by atoms with Crippen molar-refractivity contribution in [1.82, 2.24) is 19.4 Å². The molecule has 30 heavy (non-hydrogen) atoms. The summed E-state index contributed by atoms with van der Waals surface area (Å²) in [5.74, 6) is 1.57. The summed E-state index contributed by atoms with van der Waals surface area (Å²) in [6.45, 7) is 3.84. The molecule has 1 saturated carbocycles. The van der Waals surface area contributed by atoms with Crippen molar-refractivity contribution >= 4 is 22.0 Å². The molecule has 9 heteroatoms. The summed E-state index contributed by atoms with van der Waals surface area (Å²) >= 11 is 6.07. The van der Waals surface area contributed by atoms with Crippen LogP contribution in [-0.2, 0) is 27.6 Å². The molecule has 0 radical (unpaired) electrons. The maximum Gasteiger partial charge on any atom is 0.240 e. The quantitative estimate of drug-likeness (QED) is 0.558. The molecule has 0 saturated heterocycles. The first-order chi connectivity index (χ1) is 14.3. The fourth-order valence-corrected chi connectivity index (χ4v) is 5.78. The molecule has 2 aliphatic rings. The van der Waals surface area contributed by atoms with Gasteiger partial charge < -0.3 is 9.08 Å². The summed E-state index contributed by atoms with van der Waals surface area (Å²) in [5, 5.41) is 4.46. The van der Waals surface area contributed by atoms with Gasteiger partial charge in [0.25, 0.3) is 0 Å². The highest BCUT2D eigenvalue weighted by Crippen LogP contribution is 2.41. The fourth-order valence-electron chi connectivity index (χ4n) is 3.96. The molecule has 0 bridgehead atoms. The number of benzene rings is 1. The van der Waals surface area contributed by atoms with Gasteiger partial charge in [0, 0.05) is 35.4 Å². The molecule has 1 fully saturated rings. The highest BCUT2D eigenvalue weighted by atomic mass is 35.5. The molecule has 3 aromatic rings. The molecular formula is C21H21ClN4O3S. The van der Waals surface area contributed by atoms with Gasteiger partial charge in [-0.3, -0.25) is 0 Å². The van der Waals surface area contributed by atoms with Gasteiger partial charge in [-0.05, 0) is 31.9 Å². The van der Waals surface area contributed by atoms with E-state index in [4.69, 9.17) is 26.1 Å². The zero-order valence-electron chi connectivity index (χ0n) is 16.7. The molecule has 1 aliphatic carbocycles. The Bertz CT molecular complexity index is 1150. The lowest BCUT2D eigenvalue weighted by Gasteiger charge is -2.31. The molecule has 0 N–H and O–H groups in total. The molecule has 3 heterocycles. The number of hydrogen-bond donors (Lipinski definition) is 0. The highest BCUT2D eigenvalue weighted by Gasteiger charge is 2.40. The second kappa shape index (κ2) is 7.23. The molecule has 1 unspecified atom stereocenters. The van der Waals surface area contributed by atoms with E-state index in [-0.39, 0.29) is 11.4 Å². The Labute approximate surface area is 180 Å².